The van der Waals surface area contributed by atoms with Crippen molar-refractivity contribution >= 4 is 32.3 Å². The molecule has 8 heteroatoms. The van der Waals surface area contributed by atoms with Crippen LogP contribution < -0.4 is 9.64 Å². The second-order valence-corrected chi connectivity index (χ2v) is 10.9. The summed E-state index contributed by atoms with van der Waals surface area (Å²) in [5.74, 6) is 0.712. The molecule has 0 bridgehead atoms. The van der Waals surface area contributed by atoms with E-state index in [0.29, 0.717) is 31.6 Å². The number of hydrogen-bond acceptors (Lipinski definition) is 5. The Morgan fingerprint density at radius 2 is 1.53 bits per heavy atom. The number of anilines is 1. The normalized spacial score (nSPS) is 14.2. The Morgan fingerprint density at radius 1 is 0.861 bits per heavy atom. The Bertz CT molecular complexity index is 1470. The van der Waals surface area contributed by atoms with Crippen LogP contribution in [0.1, 0.15) is 5.56 Å². The molecule has 1 fully saturated rings. The van der Waals surface area contributed by atoms with Crippen LogP contribution in [0.2, 0.25) is 0 Å². The lowest BCUT2D eigenvalue weighted by Gasteiger charge is -2.36. The molecular formula is C28H29N3O4S. The zero-order valence-electron chi connectivity index (χ0n) is 20.2. The molecule has 0 atom stereocenters. The summed E-state index contributed by atoms with van der Waals surface area (Å²) in [5.41, 5.74) is 2.50. The SMILES string of the molecule is COc1ccccc1N1CCN(C(=O)Cn2cc(S(=O)(=O)Cc3ccccc3)c3ccccc32)CC1. The number of methoxy groups -OCH3 is 1. The van der Waals surface area contributed by atoms with Crippen LogP contribution in [0.5, 0.6) is 5.75 Å². The molecule has 4 aromatic rings. The highest BCUT2D eigenvalue weighted by molar-refractivity contribution is 7.90. The minimum absolute atomic E-state index is 0.0255. The molecule has 0 N–H and O–H groups in total. The summed E-state index contributed by atoms with van der Waals surface area (Å²) in [7, 11) is -1.93. The largest absolute Gasteiger partial charge is 0.495 e. The van der Waals surface area contributed by atoms with Gasteiger partial charge in [-0.15, -0.1) is 0 Å². The van der Waals surface area contributed by atoms with Gasteiger partial charge in [0.1, 0.15) is 12.3 Å². The van der Waals surface area contributed by atoms with Crippen molar-refractivity contribution in [3.8, 4) is 5.75 Å². The van der Waals surface area contributed by atoms with Crippen molar-refractivity contribution in [1.82, 2.24) is 9.47 Å². The van der Waals surface area contributed by atoms with Crippen LogP contribution in [-0.2, 0) is 26.9 Å². The van der Waals surface area contributed by atoms with Gasteiger partial charge in [-0.3, -0.25) is 4.79 Å². The Morgan fingerprint density at radius 3 is 2.28 bits per heavy atom. The molecule has 36 heavy (non-hydrogen) atoms. The molecule has 1 saturated heterocycles. The number of nitrogens with zero attached hydrogens (tertiary/aromatic N) is 3. The summed E-state index contributed by atoms with van der Waals surface area (Å²) in [6, 6.07) is 24.4. The van der Waals surface area contributed by atoms with E-state index in [1.165, 1.54) is 0 Å². The monoisotopic (exact) mass is 503 g/mol. The van der Waals surface area contributed by atoms with Gasteiger partial charge in [0.2, 0.25) is 5.91 Å². The number of carbonyl (C=O) groups excluding carboxylic acids is 1. The number of aromatic nitrogens is 1. The maximum atomic E-state index is 13.3. The molecule has 0 spiro atoms. The van der Waals surface area contributed by atoms with Crippen molar-refractivity contribution in [3.05, 3.63) is 90.6 Å². The number of ether oxygens (including phenoxy) is 1. The topological polar surface area (TPSA) is 71.8 Å². The van der Waals surface area contributed by atoms with Crippen LogP contribution in [0.25, 0.3) is 10.9 Å². The van der Waals surface area contributed by atoms with E-state index >= 15 is 0 Å². The quantitative estimate of drug-likeness (QED) is 0.382. The van der Waals surface area contributed by atoms with Crippen LogP contribution in [0, 0.1) is 0 Å². The van der Waals surface area contributed by atoms with Gasteiger partial charge in [-0.2, -0.15) is 0 Å². The summed E-state index contributed by atoms with van der Waals surface area (Å²) >= 11 is 0. The fourth-order valence-electron chi connectivity index (χ4n) is 4.80. The summed E-state index contributed by atoms with van der Waals surface area (Å²) in [5, 5.41) is 0.641. The molecule has 1 aliphatic rings. The molecule has 2 heterocycles. The van der Waals surface area contributed by atoms with Gasteiger partial charge in [0, 0.05) is 43.3 Å². The van der Waals surface area contributed by atoms with Crippen molar-refractivity contribution in [2.24, 2.45) is 0 Å². The van der Waals surface area contributed by atoms with E-state index < -0.39 is 9.84 Å². The molecule has 0 aliphatic carbocycles. The highest BCUT2D eigenvalue weighted by Gasteiger charge is 2.26. The number of amides is 1. The van der Waals surface area contributed by atoms with Gasteiger partial charge in [0.05, 0.1) is 23.4 Å². The predicted octanol–water partition coefficient (Wildman–Crippen LogP) is 3.97. The molecule has 5 rings (SSSR count). The second-order valence-electron chi connectivity index (χ2n) is 8.92. The Hall–Kier alpha value is -3.78. The fraction of sp³-hybridized carbons (Fsp3) is 0.250. The third-order valence-corrected chi connectivity index (χ3v) is 8.36. The number of benzene rings is 3. The lowest BCUT2D eigenvalue weighted by molar-refractivity contribution is -0.132. The van der Waals surface area contributed by atoms with Gasteiger partial charge in [-0.05, 0) is 23.8 Å². The number of para-hydroxylation sites is 3. The zero-order valence-corrected chi connectivity index (χ0v) is 21.0. The molecule has 186 valence electrons. The minimum Gasteiger partial charge on any atom is -0.495 e. The van der Waals surface area contributed by atoms with E-state index in [1.807, 2.05) is 77.7 Å². The van der Waals surface area contributed by atoms with E-state index in [4.69, 9.17) is 4.74 Å². The number of carbonyl (C=O) groups is 1. The third kappa shape index (κ3) is 4.81. The van der Waals surface area contributed by atoms with Crippen LogP contribution in [0.4, 0.5) is 5.69 Å². The summed E-state index contributed by atoms with van der Waals surface area (Å²) in [6.45, 7) is 2.69. The Balaban J connectivity index is 1.33. The van der Waals surface area contributed by atoms with Crippen molar-refractivity contribution in [1.29, 1.82) is 0 Å². The van der Waals surface area contributed by atoms with Gasteiger partial charge in [0.25, 0.3) is 0 Å². The van der Waals surface area contributed by atoms with E-state index in [9.17, 15) is 13.2 Å². The first-order valence-electron chi connectivity index (χ1n) is 12.0. The molecule has 0 saturated carbocycles. The van der Waals surface area contributed by atoms with Gasteiger partial charge < -0.3 is 19.1 Å². The molecule has 0 unspecified atom stereocenters. The van der Waals surface area contributed by atoms with Crippen LogP contribution in [0.3, 0.4) is 0 Å². The highest BCUT2D eigenvalue weighted by atomic mass is 32.2. The van der Waals surface area contributed by atoms with Crippen molar-refractivity contribution in [2.45, 2.75) is 17.2 Å². The standard InChI is InChI=1S/C28H29N3O4S/c1-35-26-14-8-7-13-25(26)29-15-17-30(18-16-29)28(32)20-31-19-27(23-11-5-6-12-24(23)31)36(33,34)21-22-9-3-2-4-10-22/h2-14,19H,15-18,20-21H2,1H3. The zero-order chi connectivity index (χ0) is 25.1. The molecule has 3 aromatic carbocycles. The predicted molar refractivity (Wildman–Crippen MR) is 141 cm³/mol. The fourth-order valence-corrected chi connectivity index (χ4v) is 6.38. The van der Waals surface area contributed by atoms with Gasteiger partial charge in [-0.1, -0.05) is 60.7 Å². The third-order valence-electron chi connectivity index (χ3n) is 6.65. The lowest BCUT2D eigenvalue weighted by atomic mass is 10.2. The highest BCUT2D eigenvalue weighted by Crippen LogP contribution is 2.30. The van der Waals surface area contributed by atoms with Crippen molar-refractivity contribution < 1.29 is 17.9 Å². The van der Waals surface area contributed by atoms with Crippen molar-refractivity contribution in [2.75, 3.05) is 38.2 Å². The Kier molecular flexibility index (Phi) is 6.69. The number of hydrogen-bond donors (Lipinski definition) is 0. The van der Waals surface area contributed by atoms with Gasteiger partial charge >= 0.3 is 0 Å². The van der Waals surface area contributed by atoms with E-state index in [0.717, 1.165) is 22.5 Å². The van der Waals surface area contributed by atoms with Crippen LogP contribution in [-0.4, -0.2) is 57.1 Å². The molecule has 1 aromatic heterocycles. The summed E-state index contributed by atoms with van der Waals surface area (Å²) < 4.78 is 33.9. The van der Waals surface area contributed by atoms with E-state index in [1.54, 1.807) is 23.9 Å². The maximum Gasteiger partial charge on any atom is 0.242 e. The van der Waals surface area contributed by atoms with Crippen molar-refractivity contribution in [3.63, 3.8) is 0 Å². The first-order chi connectivity index (χ1) is 17.5. The molecule has 1 amide bonds. The average molecular weight is 504 g/mol. The van der Waals surface area contributed by atoms with Crippen LogP contribution in [0.15, 0.2) is 90.0 Å². The van der Waals surface area contributed by atoms with E-state index in [2.05, 4.69) is 4.90 Å². The number of fused-ring (bicyclic) bond motifs is 1. The number of sulfone groups is 1. The minimum atomic E-state index is -3.59. The van der Waals surface area contributed by atoms with Crippen LogP contribution >= 0.6 is 0 Å². The van der Waals surface area contributed by atoms with Gasteiger partial charge in [-0.25, -0.2) is 8.42 Å². The van der Waals surface area contributed by atoms with Gasteiger partial charge in [0.15, 0.2) is 9.84 Å². The molecule has 7 nitrogen and oxygen atoms in total. The molecule has 1 aliphatic heterocycles. The lowest BCUT2D eigenvalue weighted by Crippen LogP contribution is -2.49. The Labute approximate surface area is 211 Å². The smallest absolute Gasteiger partial charge is 0.242 e. The number of piperazine rings is 1. The first-order valence-corrected chi connectivity index (χ1v) is 13.6. The average Bonchev–Trinajstić information content (AvgIpc) is 3.28. The van der Waals surface area contributed by atoms with E-state index in [-0.39, 0.29) is 23.1 Å². The molecule has 0 radical (unpaired) electrons. The number of rotatable bonds is 7. The summed E-state index contributed by atoms with van der Waals surface area (Å²) in [4.78, 5) is 17.6. The molecular weight excluding hydrogens is 474 g/mol. The summed E-state index contributed by atoms with van der Waals surface area (Å²) in [6.07, 6.45) is 1.62. The second kappa shape index (κ2) is 10.1. The maximum absolute atomic E-state index is 13.3. The first kappa shape index (κ1) is 23.9.